The predicted molar refractivity (Wildman–Crippen MR) is 88.9 cm³/mol. The van der Waals surface area contributed by atoms with E-state index >= 15 is 0 Å². The van der Waals surface area contributed by atoms with Crippen LogP contribution in [0.25, 0.3) is 0 Å². The van der Waals surface area contributed by atoms with Gasteiger partial charge in [-0.05, 0) is 19.8 Å². The molecule has 4 N–H and O–H groups in total. The number of aliphatic hydroxyl groups excluding tert-OH is 3. The molecule has 0 bridgehead atoms. The minimum absolute atomic E-state index is 0.224. The van der Waals surface area contributed by atoms with Gasteiger partial charge in [0.15, 0.2) is 0 Å². The third kappa shape index (κ3) is 4.76. The molecule has 1 aliphatic rings. The van der Waals surface area contributed by atoms with Gasteiger partial charge in [0.25, 0.3) is 0 Å². The Bertz CT molecular complexity index is 577. The van der Waals surface area contributed by atoms with Crippen LogP contribution in [0.5, 0.6) is 0 Å². The maximum atomic E-state index is 12.2. The minimum Gasteiger partial charge on any atom is -0.396 e. The van der Waals surface area contributed by atoms with Gasteiger partial charge in [-0.15, -0.1) is 0 Å². The molecule has 2 rings (SSSR count). The number of hydrogen-bond acceptors (Lipinski definition) is 7. The van der Waals surface area contributed by atoms with Crippen molar-refractivity contribution in [1.82, 2.24) is 9.55 Å². The van der Waals surface area contributed by atoms with Crippen molar-refractivity contribution in [2.45, 2.75) is 57.5 Å². The average molecular weight is 341 g/mol. The van der Waals surface area contributed by atoms with Crippen molar-refractivity contribution < 1.29 is 20.1 Å². The second-order valence-corrected chi connectivity index (χ2v) is 6.14. The normalized spacial score (nSPS) is 23.6. The van der Waals surface area contributed by atoms with E-state index in [0.29, 0.717) is 12.4 Å². The number of aryl methyl sites for hydroxylation is 1. The number of aliphatic hydroxyl groups is 3. The van der Waals surface area contributed by atoms with Crippen LogP contribution in [0.2, 0.25) is 0 Å². The van der Waals surface area contributed by atoms with E-state index < -0.39 is 24.1 Å². The molecule has 136 valence electrons. The zero-order valence-corrected chi connectivity index (χ0v) is 14.0. The summed E-state index contributed by atoms with van der Waals surface area (Å²) in [4.78, 5) is 16.3. The highest BCUT2D eigenvalue weighted by Gasteiger charge is 2.35. The summed E-state index contributed by atoms with van der Waals surface area (Å²) in [5.41, 5.74) is 0.370. The number of aromatic nitrogens is 2. The Morgan fingerprint density at radius 2 is 2.08 bits per heavy atom. The first-order chi connectivity index (χ1) is 11.6. The Morgan fingerprint density at radius 1 is 1.33 bits per heavy atom. The van der Waals surface area contributed by atoms with Crippen LogP contribution in [0.4, 0.5) is 5.82 Å². The lowest BCUT2D eigenvalue weighted by atomic mass is 10.2. The molecule has 0 aliphatic carbocycles. The van der Waals surface area contributed by atoms with E-state index in [1.807, 2.05) is 6.92 Å². The highest BCUT2D eigenvalue weighted by molar-refractivity contribution is 5.41. The van der Waals surface area contributed by atoms with E-state index in [-0.39, 0.29) is 19.6 Å². The molecule has 1 unspecified atom stereocenters. The van der Waals surface area contributed by atoms with Gasteiger partial charge in [0.05, 0.1) is 12.7 Å². The first-order valence-electron chi connectivity index (χ1n) is 8.45. The molecule has 1 aliphatic heterocycles. The summed E-state index contributed by atoms with van der Waals surface area (Å²) in [6, 6.07) is 0. The second-order valence-electron chi connectivity index (χ2n) is 6.14. The zero-order chi connectivity index (χ0) is 17.5. The molecule has 1 fully saturated rings. The number of nitrogens with zero attached hydrogens (tertiary/aromatic N) is 2. The van der Waals surface area contributed by atoms with Crippen LogP contribution in [0.15, 0.2) is 11.0 Å². The van der Waals surface area contributed by atoms with E-state index in [9.17, 15) is 9.90 Å². The van der Waals surface area contributed by atoms with E-state index in [2.05, 4.69) is 10.3 Å². The second kappa shape index (κ2) is 9.12. The van der Waals surface area contributed by atoms with Crippen molar-refractivity contribution in [3.05, 3.63) is 22.2 Å². The Morgan fingerprint density at radius 3 is 2.75 bits per heavy atom. The minimum atomic E-state index is -0.788. The van der Waals surface area contributed by atoms with Gasteiger partial charge >= 0.3 is 5.69 Å². The Labute approximate surface area is 141 Å². The van der Waals surface area contributed by atoms with Gasteiger partial charge in [-0.2, -0.15) is 4.98 Å². The molecule has 0 aromatic carbocycles. The van der Waals surface area contributed by atoms with Crippen LogP contribution in [0.3, 0.4) is 0 Å². The summed E-state index contributed by atoms with van der Waals surface area (Å²) in [5, 5.41) is 30.8. The molecule has 1 saturated heterocycles. The van der Waals surface area contributed by atoms with Gasteiger partial charge in [0.2, 0.25) is 0 Å². The molecule has 8 heteroatoms. The smallest absolute Gasteiger partial charge is 0.351 e. The average Bonchev–Trinajstić information content (AvgIpc) is 2.94. The standard InChI is InChI=1S/C16H27N3O5/c1-11-9-19(14-8-12(22)13(10-21)24-14)16(23)18-15(11)17-6-4-2-3-5-7-20/h9,12-14,20-22H,2-8,10H2,1H3,(H,17,18,23)/t12?,13-,14-/m1/s1. The molecule has 1 aromatic heterocycles. The fourth-order valence-electron chi connectivity index (χ4n) is 2.80. The van der Waals surface area contributed by atoms with Crippen molar-refractivity contribution in [2.75, 3.05) is 25.1 Å². The van der Waals surface area contributed by atoms with Gasteiger partial charge in [0, 0.05) is 31.3 Å². The van der Waals surface area contributed by atoms with Crippen LogP contribution in [0.1, 0.15) is 43.9 Å². The van der Waals surface area contributed by atoms with Gasteiger partial charge in [-0.25, -0.2) is 4.79 Å². The fourth-order valence-corrected chi connectivity index (χ4v) is 2.80. The molecule has 8 nitrogen and oxygen atoms in total. The lowest BCUT2D eigenvalue weighted by Gasteiger charge is -2.16. The molecule has 2 heterocycles. The zero-order valence-electron chi connectivity index (χ0n) is 14.0. The van der Waals surface area contributed by atoms with Gasteiger partial charge in [-0.3, -0.25) is 4.57 Å². The van der Waals surface area contributed by atoms with Crippen LogP contribution in [-0.2, 0) is 4.74 Å². The highest BCUT2D eigenvalue weighted by Crippen LogP contribution is 2.27. The molecule has 1 aromatic rings. The van der Waals surface area contributed by atoms with Crippen molar-refractivity contribution in [3.8, 4) is 0 Å². The van der Waals surface area contributed by atoms with Gasteiger partial charge in [-0.1, -0.05) is 12.8 Å². The van der Waals surface area contributed by atoms with E-state index in [1.165, 1.54) is 4.57 Å². The first kappa shape index (κ1) is 18.9. The lowest BCUT2D eigenvalue weighted by molar-refractivity contribution is -0.0459. The lowest BCUT2D eigenvalue weighted by Crippen LogP contribution is -2.29. The summed E-state index contributed by atoms with van der Waals surface area (Å²) < 4.78 is 6.86. The van der Waals surface area contributed by atoms with Crippen molar-refractivity contribution in [2.24, 2.45) is 0 Å². The largest absolute Gasteiger partial charge is 0.396 e. The molecular formula is C16H27N3O5. The molecule has 24 heavy (non-hydrogen) atoms. The quantitative estimate of drug-likeness (QED) is 0.473. The monoisotopic (exact) mass is 341 g/mol. The summed E-state index contributed by atoms with van der Waals surface area (Å²) >= 11 is 0. The highest BCUT2D eigenvalue weighted by atomic mass is 16.5. The topological polar surface area (TPSA) is 117 Å². The Kier molecular flexibility index (Phi) is 7.16. The number of rotatable bonds is 9. The molecular weight excluding hydrogens is 314 g/mol. The first-order valence-corrected chi connectivity index (χ1v) is 8.45. The van der Waals surface area contributed by atoms with Crippen LogP contribution < -0.4 is 11.0 Å². The summed E-state index contributed by atoms with van der Waals surface area (Å²) in [7, 11) is 0. The molecule has 3 atom stereocenters. The number of ether oxygens (including phenoxy) is 1. The number of anilines is 1. The van der Waals surface area contributed by atoms with Gasteiger partial charge < -0.3 is 25.4 Å². The number of nitrogens with one attached hydrogen (secondary N) is 1. The molecule has 0 radical (unpaired) electrons. The van der Waals surface area contributed by atoms with E-state index in [1.54, 1.807) is 6.20 Å². The number of hydrogen-bond donors (Lipinski definition) is 4. The SMILES string of the molecule is Cc1cn([C@H]2CC(O)[C@@H](CO)O2)c(=O)nc1NCCCCCCO. The fraction of sp³-hybridized carbons (Fsp3) is 0.750. The summed E-state index contributed by atoms with van der Waals surface area (Å²) in [6.45, 7) is 2.51. The Balaban J connectivity index is 1.95. The number of unbranched alkanes of at least 4 members (excludes halogenated alkanes) is 3. The Hall–Kier alpha value is -1.48. The van der Waals surface area contributed by atoms with E-state index in [4.69, 9.17) is 14.9 Å². The van der Waals surface area contributed by atoms with Gasteiger partial charge in [0.1, 0.15) is 18.1 Å². The summed E-state index contributed by atoms with van der Waals surface area (Å²) in [5.74, 6) is 0.552. The molecule has 0 spiro atoms. The summed E-state index contributed by atoms with van der Waals surface area (Å²) in [6.07, 6.45) is 3.62. The van der Waals surface area contributed by atoms with Crippen molar-refractivity contribution >= 4 is 5.82 Å². The van der Waals surface area contributed by atoms with Crippen LogP contribution in [-0.4, -0.2) is 56.8 Å². The maximum absolute atomic E-state index is 12.2. The van der Waals surface area contributed by atoms with Crippen molar-refractivity contribution in [1.29, 1.82) is 0 Å². The molecule has 0 amide bonds. The van der Waals surface area contributed by atoms with Crippen LogP contribution >= 0.6 is 0 Å². The maximum Gasteiger partial charge on any atom is 0.351 e. The predicted octanol–water partition coefficient (Wildman–Crippen LogP) is 0.157. The molecule has 0 saturated carbocycles. The van der Waals surface area contributed by atoms with E-state index in [0.717, 1.165) is 31.2 Å². The van der Waals surface area contributed by atoms with Crippen molar-refractivity contribution in [3.63, 3.8) is 0 Å². The third-order valence-electron chi connectivity index (χ3n) is 4.21. The van der Waals surface area contributed by atoms with Crippen LogP contribution in [0, 0.1) is 6.92 Å². The third-order valence-corrected chi connectivity index (χ3v) is 4.21.